The Hall–Kier alpha value is -1.50. The Morgan fingerprint density at radius 2 is 2.35 bits per heavy atom. The van der Waals surface area contributed by atoms with Gasteiger partial charge in [0.1, 0.15) is 6.54 Å². The Balaban J connectivity index is 2.45. The smallest absolute Gasteiger partial charge is 0.327 e. The number of carbonyl (C=O) groups is 2. The van der Waals surface area contributed by atoms with E-state index in [9.17, 15) is 9.59 Å². The zero-order valence-electron chi connectivity index (χ0n) is 9.80. The SMILES string of the molecule is COC(=O)Cn1cc(NC(=O)CCSC)cn1. The molecule has 6 nitrogen and oxygen atoms in total. The Morgan fingerprint density at radius 3 is 3.00 bits per heavy atom. The molecule has 0 fully saturated rings. The number of nitrogens with one attached hydrogen (secondary N) is 1. The van der Waals surface area contributed by atoms with Crippen LogP contribution in [0.5, 0.6) is 0 Å². The summed E-state index contributed by atoms with van der Waals surface area (Å²) in [6.07, 6.45) is 5.50. The minimum atomic E-state index is -0.381. The summed E-state index contributed by atoms with van der Waals surface area (Å²) >= 11 is 1.61. The molecule has 17 heavy (non-hydrogen) atoms. The molecule has 0 saturated heterocycles. The van der Waals surface area contributed by atoms with Gasteiger partial charge in [-0.3, -0.25) is 14.3 Å². The molecule has 7 heteroatoms. The Kier molecular flexibility index (Phi) is 5.55. The predicted molar refractivity (Wildman–Crippen MR) is 65.9 cm³/mol. The number of thioether (sulfide) groups is 1. The minimum Gasteiger partial charge on any atom is -0.468 e. The Bertz CT molecular complexity index is 392. The second kappa shape index (κ2) is 6.95. The van der Waals surface area contributed by atoms with E-state index in [2.05, 4.69) is 15.2 Å². The summed E-state index contributed by atoms with van der Waals surface area (Å²) in [5.41, 5.74) is 0.583. The molecule has 94 valence electrons. The Labute approximate surface area is 104 Å². The number of anilines is 1. The summed E-state index contributed by atoms with van der Waals surface area (Å²) in [5.74, 6) is 0.340. The third-order valence-corrected chi connectivity index (χ3v) is 2.58. The van der Waals surface area contributed by atoms with Crippen LogP contribution in [0.2, 0.25) is 0 Å². The summed E-state index contributed by atoms with van der Waals surface area (Å²) < 4.78 is 5.92. The van der Waals surface area contributed by atoms with Crippen molar-refractivity contribution in [3.05, 3.63) is 12.4 Å². The van der Waals surface area contributed by atoms with Gasteiger partial charge in [0.05, 0.1) is 19.0 Å². The van der Waals surface area contributed by atoms with Crippen LogP contribution in [0, 0.1) is 0 Å². The third-order valence-electron chi connectivity index (χ3n) is 1.97. The van der Waals surface area contributed by atoms with E-state index in [0.29, 0.717) is 12.1 Å². The van der Waals surface area contributed by atoms with E-state index >= 15 is 0 Å². The molecule has 1 amide bonds. The van der Waals surface area contributed by atoms with Crippen molar-refractivity contribution >= 4 is 29.3 Å². The van der Waals surface area contributed by atoms with E-state index < -0.39 is 0 Å². The molecule has 0 aliphatic rings. The number of carbonyl (C=O) groups excluding carboxylic acids is 2. The summed E-state index contributed by atoms with van der Waals surface area (Å²) in [7, 11) is 1.32. The maximum absolute atomic E-state index is 11.4. The van der Waals surface area contributed by atoms with Crippen LogP contribution in [0.25, 0.3) is 0 Å². The largest absolute Gasteiger partial charge is 0.468 e. The van der Waals surface area contributed by atoms with Crippen molar-refractivity contribution in [2.24, 2.45) is 0 Å². The van der Waals surface area contributed by atoms with Crippen molar-refractivity contribution in [3.63, 3.8) is 0 Å². The molecule has 0 bridgehead atoms. The lowest BCUT2D eigenvalue weighted by atomic mass is 10.4. The number of rotatable bonds is 6. The van der Waals surface area contributed by atoms with E-state index in [1.54, 1.807) is 18.0 Å². The molecule has 1 heterocycles. The van der Waals surface area contributed by atoms with Crippen LogP contribution in [-0.2, 0) is 20.9 Å². The number of amides is 1. The lowest BCUT2D eigenvalue weighted by Crippen LogP contribution is -2.13. The molecule has 0 aromatic carbocycles. The zero-order valence-corrected chi connectivity index (χ0v) is 10.6. The Morgan fingerprint density at radius 1 is 1.59 bits per heavy atom. The van der Waals surface area contributed by atoms with Gasteiger partial charge in [0.25, 0.3) is 0 Å². The zero-order chi connectivity index (χ0) is 12.7. The predicted octanol–water partition coefficient (Wildman–Crippen LogP) is 0.748. The molecule has 0 saturated carbocycles. The van der Waals surface area contributed by atoms with Crippen LogP contribution in [0.4, 0.5) is 5.69 Å². The summed E-state index contributed by atoms with van der Waals surface area (Å²) in [4.78, 5) is 22.4. The van der Waals surface area contributed by atoms with Crippen molar-refractivity contribution in [1.29, 1.82) is 0 Å². The number of methoxy groups -OCH3 is 1. The minimum absolute atomic E-state index is 0.0389. The van der Waals surface area contributed by atoms with E-state index in [1.165, 1.54) is 18.0 Å². The highest BCUT2D eigenvalue weighted by Crippen LogP contribution is 2.06. The molecule has 0 radical (unpaired) electrons. The molecular weight excluding hydrogens is 242 g/mol. The van der Waals surface area contributed by atoms with Gasteiger partial charge < -0.3 is 10.1 Å². The van der Waals surface area contributed by atoms with Gasteiger partial charge in [-0.25, -0.2) is 0 Å². The highest BCUT2D eigenvalue weighted by atomic mass is 32.2. The van der Waals surface area contributed by atoms with Crippen molar-refractivity contribution in [3.8, 4) is 0 Å². The molecule has 0 atom stereocenters. The number of esters is 1. The van der Waals surface area contributed by atoms with Crippen LogP contribution >= 0.6 is 11.8 Å². The van der Waals surface area contributed by atoms with Crippen LogP contribution < -0.4 is 5.32 Å². The normalized spacial score (nSPS) is 10.0. The molecule has 1 N–H and O–H groups in total. The van der Waals surface area contributed by atoms with Crippen LogP contribution in [0.1, 0.15) is 6.42 Å². The van der Waals surface area contributed by atoms with E-state index in [-0.39, 0.29) is 18.4 Å². The molecule has 0 unspecified atom stereocenters. The fourth-order valence-corrected chi connectivity index (χ4v) is 1.52. The highest BCUT2D eigenvalue weighted by Gasteiger charge is 2.06. The maximum atomic E-state index is 11.4. The first-order chi connectivity index (χ1) is 8.15. The first kappa shape index (κ1) is 13.6. The summed E-state index contributed by atoms with van der Waals surface area (Å²) in [6.45, 7) is 0.0389. The van der Waals surface area contributed by atoms with Crippen molar-refractivity contribution in [2.75, 3.05) is 24.4 Å². The van der Waals surface area contributed by atoms with Gasteiger partial charge >= 0.3 is 5.97 Å². The average molecular weight is 257 g/mol. The lowest BCUT2D eigenvalue weighted by molar-refractivity contribution is -0.141. The number of hydrogen-bond acceptors (Lipinski definition) is 5. The summed E-state index contributed by atoms with van der Waals surface area (Å²) in [6, 6.07) is 0. The first-order valence-electron chi connectivity index (χ1n) is 5.03. The number of ether oxygens (including phenoxy) is 1. The molecule has 0 spiro atoms. The lowest BCUT2D eigenvalue weighted by Gasteiger charge is -2.00. The van der Waals surface area contributed by atoms with E-state index in [0.717, 1.165) is 5.75 Å². The molecule has 1 rings (SSSR count). The molecule has 0 aliphatic heterocycles. The van der Waals surface area contributed by atoms with Gasteiger partial charge in [-0.1, -0.05) is 0 Å². The van der Waals surface area contributed by atoms with E-state index in [1.807, 2.05) is 6.26 Å². The third kappa shape index (κ3) is 4.90. The first-order valence-corrected chi connectivity index (χ1v) is 6.43. The fraction of sp³-hybridized carbons (Fsp3) is 0.500. The molecule has 0 aliphatic carbocycles. The molecule has 1 aromatic rings. The quantitative estimate of drug-likeness (QED) is 0.761. The van der Waals surface area contributed by atoms with Gasteiger partial charge in [0.2, 0.25) is 5.91 Å². The monoisotopic (exact) mass is 257 g/mol. The van der Waals surface area contributed by atoms with Gasteiger partial charge in [-0.15, -0.1) is 0 Å². The van der Waals surface area contributed by atoms with Crippen molar-refractivity contribution < 1.29 is 14.3 Å². The van der Waals surface area contributed by atoms with Gasteiger partial charge in [-0.2, -0.15) is 16.9 Å². The maximum Gasteiger partial charge on any atom is 0.327 e. The van der Waals surface area contributed by atoms with Gasteiger partial charge in [0, 0.05) is 18.4 Å². The average Bonchev–Trinajstić information content (AvgIpc) is 2.73. The van der Waals surface area contributed by atoms with Crippen LogP contribution in [0.3, 0.4) is 0 Å². The summed E-state index contributed by atoms with van der Waals surface area (Å²) in [5, 5.41) is 6.63. The van der Waals surface area contributed by atoms with Crippen molar-refractivity contribution in [2.45, 2.75) is 13.0 Å². The van der Waals surface area contributed by atoms with Crippen LogP contribution in [-0.4, -0.2) is 40.8 Å². The highest BCUT2D eigenvalue weighted by molar-refractivity contribution is 7.98. The standard InChI is InChI=1S/C10H15N3O3S/c1-16-10(15)7-13-6-8(5-11-13)12-9(14)3-4-17-2/h5-6H,3-4,7H2,1-2H3,(H,12,14). The van der Waals surface area contributed by atoms with Crippen LogP contribution in [0.15, 0.2) is 12.4 Å². The van der Waals surface area contributed by atoms with Gasteiger partial charge in [0.15, 0.2) is 0 Å². The van der Waals surface area contributed by atoms with Crippen molar-refractivity contribution in [1.82, 2.24) is 9.78 Å². The number of nitrogens with zero attached hydrogens (tertiary/aromatic N) is 2. The topological polar surface area (TPSA) is 73.2 Å². The molecule has 1 aromatic heterocycles. The molecular formula is C10H15N3O3S. The fourth-order valence-electron chi connectivity index (χ4n) is 1.13. The number of aromatic nitrogens is 2. The van der Waals surface area contributed by atoms with E-state index in [4.69, 9.17) is 0 Å². The number of hydrogen-bond donors (Lipinski definition) is 1. The van der Waals surface area contributed by atoms with Gasteiger partial charge in [-0.05, 0) is 6.26 Å². The second-order valence-corrected chi connectivity index (χ2v) is 4.28. The second-order valence-electron chi connectivity index (χ2n) is 3.29.